The minimum Gasteiger partial charge on any atom is -0.484 e. The van der Waals surface area contributed by atoms with Gasteiger partial charge >= 0.3 is 0 Å². The molecule has 0 aliphatic rings. The molecule has 0 saturated carbocycles. The van der Waals surface area contributed by atoms with Crippen LogP contribution in [0.3, 0.4) is 0 Å². The van der Waals surface area contributed by atoms with Gasteiger partial charge in [0, 0.05) is 18.8 Å². The molecule has 1 atom stereocenters. The molecule has 2 aromatic rings. The normalized spacial score (nSPS) is 14.0. The largest absolute Gasteiger partial charge is 0.484 e. The molecule has 2 rings (SSSR count). The molecule has 6 heteroatoms. The molecule has 0 radical (unpaired) electrons. The Morgan fingerprint density at radius 2 is 1.84 bits per heavy atom. The van der Waals surface area contributed by atoms with Crippen molar-refractivity contribution in [2.75, 3.05) is 13.2 Å². The minimum atomic E-state index is -1.18. The molecular formula is C19H27N3O3. The first-order valence-electron chi connectivity index (χ1n) is 8.29. The van der Waals surface area contributed by atoms with Gasteiger partial charge in [0.25, 0.3) is 5.91 Å². The van der Waals surface area contributed by atoms with E-state index in [1.165, 1.54) is 5.56 Å². The van der Waals surface area contributed by atoms with Gasteiger partial charge in [0.1, 0.15) is 11.4 Å². The van der Waals surface area contributed by atoms with Gasteiger partial charge in [0.2, 0.25) is 0 Å². The van der Waals surface area contributed by atoms with E-state index < -0.39 is 5.60 Å². The Balaban J connectivity index is 1.82. The van der Waals surface area contributed by atoms with Crippen LogP contribution in [0.25, 0.3) is 0 Å². The molecule has 0 aliphatic carbocycles. The molecule has 1 heterocycles. The second-order valence-electron chi connectivity index (χ2n) is 7.52. The maximum absolute atomic E-state index is 12.0. The van der Waals surface area contributed by atoms with E-state index in [0.29, 0.717) is 11.3 Å². The highest BCUT2D eigenvalue weighted by Gasteiger charge is 2.25. The van der Waals surface area contributed by atoms with E-state index in [2.05, 4.69) is 31.2 Å². The molecule has 2 N–H and O–H groups in total. The first-order chi connectivity index (χ1) is 11.6. The zero-order valence-electron chi connectivity index (χ0n) is 15.5. The molecule has 0 spiro atoms. The number of amides is 1. The number of carbonyl (C=O) groups is 1. The van der Waals surface area contributed by atoms with Crippen molar-refractivity contribution >= 4 is 5.91 Å². The van der Waals surface area contributed by atoms with Gasteiger partial charge < -0.3 is 15.2 Å². The summed E-state index contributed by atoms with van der Waals surface area (Å²) >= 11 is 0. The van der Waals surface area contributed by atoms with Gasteiger partial charge in [-0.3, -0.25) is 9.48 Å². The van der Waals surface area contributed by atoms with Crippen LogP contribution in [0.5, 0.6) is 5.75 Å². The number of ether oxygens (including phenoxy) is 1. The number of rotatable bonds is 6. The lowest BCUT2D eigenvalue weighted by Crippen LogP contribution is -2.40. The van der Waals surface area contributed by atoms with Crippen molar-refractivity contribution in [3.05, 3.63) is 47.8 Å². The predicted molar refractivity (Wildman–Crippen MR) is 96.4 cm³/mol. The van der Waals surface area contributed by atoms with Gasteiger partial charge in [-0.15, -0.1) is 0 Å². The van der Waals surface area contributed by atoms with Gasteiger partial charge in [-0.05, 0) is 30.0 Å². The molecular weight excluding hydrogens is 318 g/mol. The summed E-state index contributed by atoms with van der Waals surface area (Å²) < 4.78 is 7.11. The highest BCUT2D eigenvalue weighted by molar-refractivity contribution is 5.77. The van der Waals surface area contributed by atoms with Crippen molar-refractivity contribution in [2.45, 2.75) is 38.7 Å². The molecule has 6 nitrogen and oxygen atoms in total. The third kappa shape index (κ3) is 5.32. The summed E-state index contributed by atoms with van der Waals surface area (Å²) in [6, 6.07) is 7.72. The Morgan fingerprint density at radius 1 is 1.20 bits per heavy atom. The van der Waals surface area contributed by atoms with E-state index in [1.807, 2.05) is 24.3 Å². The fourth-order valence-electron chi connectivity index (χ4n) is 2.32. The summed E-state index contributed by atoms with van der Waals surface area (Å²) in [7, 11) is 1.77. The van der Waals surface area contributed by atoms with Crippen molar-refractivity contribution in [3.63, 3.8) is 0 Å². The van der Waals surface area contributed by atoms with Crippen molar-refractivity contribution in [1.29, 1.82) is 0 Å². The van der Waals surface area contributed by atoms with Crippen LogP contribution in [0.4, 0.5) is 0 Å². The molecule has 0 aliphatic heterocycles. The van der Waals surface area contributed by atoms with E-state index in [-0.39, 0.29) is 24.5 Å². The Hall–Kier alpha value is -2.34. The van der Waals surface area contributed by atoms with Gasteiger partial charge in [-0.2, -0.15) is 5.10 Å². The number of nitrogens with zero attached hydrogens (tertiary/aromatic N) is 2. The number of aliphatic hydroxyl groups is 1. The van der Waals surface area contributed by atoms with Gasteiger partial charge in [0.05, 0.1) is 12.7 Å². The lowest BCUT2D eigenvalue weighted by molar-refractivity contribution is -0.124. The van der Waals surface area contributed by atoms with Crippen LogP contribution in [-0.4, -0.2) is 33.9 Å². The van der Waals surface area contributed by atoms with Gasteiger partial charge in [0.15, 0.2) is 6.61 Å². The van der Waals surface area contributed by atoms with Crippen LogP contribution in [0.2, 0.25) is 0 Å². The summed E-state index contributed by atoms with van der Waals surface area (Å²) in [6.45, 7) is 8.05. The van der Waals surface area contributed by atoms with Crippen molar-refractivity contribution in [3.8, 4) is 5.75 Å². The third-order valence-electron chi connectivity index (χ3n) is 4.05. The standard InChI is InChI=1S/C19H27N3O3/c1-18(2,3)14-6-8-16(9-7-14)25-12-17(23)20-13-19(4,24)15-10-21-22(5)11-15/h6-11,24H,12-13H2,1-5H3,(H,20,23). The van der Waals surface area contributed by atoms with Crippen LogP contribution in [0.1, 0.15) is 38.8 Å². The van der Waals surface area contributed by atoms with Gasteiger partial charge in [-0.1, -0.05) is 32.9 Å². The molecule has 1 amide bonds. The fourth-order valence-corrected chi connectivity index (χ4v) is 2.32. The van der Waals surface area contributed by atoms with Crippen LogP contribution in [0, 0.1) is 0 Å². The topological polar surface area (TPSA) is 76.4 Å². The smallest absolute Gasteiger partial charge is 0.258 e. The van der Waals surface area contributed by atoms with Crippen LogP contribution in [-0.2, 0) is 22.9 Å². The lowest BCUT2D eigenvalue weighted by Gasteiger charge is -2.22. The zero-order chi connectivity index (χ0) is 18.7. The number of hydrogen-bond donors (Lipinski definition) is 2. The maximum Gasteiger partial charge on any atom is 0.258 e. The number of carbonyl (C=O) groups excluding carboxylic acids is 1. The number of nitrogens with one attached hydrogen (secondary N) is 1. The molecule has 0 saturated heterocycles. The second kappa shape index (κ2) is 7.27. The second-order valence-corrected chi connectivity index (χ2v) is 7.52. The lowest BCUT2D eigenvalue weighted by atomic mass is 9.87. The Morgan fingerprint density at radius 3 is 2.36 bits per heavy atom. The maximum atomic E-state index is 12.0. The minimum absolute atomic E-state index is 0.0772. The number of hydrogen-bond acceptors (Lipinski definition) is 4. The Labute approximate surface area is 148 Å². The number of benzene rings is 1. The van der Waals surface area contributed by atoms with Crippen molar-refractivity contribution in [1.82, 2.24) is 15.1 Å². The van der Waals surface area contributed by atoms with Crippen LogP contribution in [0.15, 0.2) is 36.7 Å². The third-order valence-corrected chi connectivity index (χ3v) is 4.05. The fraction of sp³-hybridized carbons (Fsp3) is 0.474. The highest BCUT2D eigenvalue weighted by Crippen LogP contribution is 2.24. The molecule has 0 fully saturated rings. The SMILES string of the molecule is Cn1cc(C(C)(O)CNC(=O)COc2ccc(C(C)(C)C)cc2)cn1. The van der Waals surface area contributed by atoms with E-state index in [9.17, 15) is 9.90 Å². The zero-order valence-corrected chi connectivity index (χ0v) is 15.5. The first kappa shape index (κ1) is 19.0. The molecule has 25 heavy (non-hydrogen) atoms. The molecule has 1 unspecified atom stereocenters. The Bertz CT molecular complexity index is 712. The highest BCUT2D eigenvalue weighted by atomic mass is 16.5. The monoisotopic (exact) mass is 345 g/mol. The number of aryl methyl sites for hydroxylation is 1. The predicted octanol–water partition coefficient (Wildman–Crippen LogP) is 2.12. The van der Waals surface area contributed by atoms with E-state index in [1.54, 1.807) is 31.0 Å². The summed E-state index contributed by atoms with van der Waals surface area (Å²) in [5.41, 5.74) is 0.747. The molecule has 0 bridgehead atoms. The first-order valence-corrected chi connectivity index (χ1v) is 8.29. The van der Waals surface area contributed by atoms with E-state index >= 15 is 0 Å². The average Bonchev–Trinajstić information content (AvgIpc) is 2.98. The Kier molecular flexibility index (Phi) is 5.52. The van der Waals surface area contributed by atoms with Crippen molar-refractivity contribution in [2.24, 2.45) is 7.05 Å². The summed E-state index contributed by atoms with van der Waals surface area (Å²) in [5, 5.41) is 17.1. The van der Waals surface area contributed by atoms with Crippen LogP contribution < -0.4 is 10.1 Å². The quantitative estimate of drug-likeness (QED) is 0.841. The molecule has 1 aromatic carbocycles. The summed E-state index contributed by atoms with van der Waals surface area (Å²) in [5.74, 6) is 0.353. The van der Waals surface area contributed by atoms with E-state index in [0.717, 1.165) is 0 Å². The summed E-state index contributed by atoms with van der Waals surface area (Å²) in [6.07, 6.45) is 3.30. The average molecular weight is 345 g/mol. The molecule has 136 valence electrons. The van der Waals surface area contributed by atoms with E-state index in [4.69, 9.17) is 4.74 Å². The molecule has 1 aromatic heterocycles. The van der Waals surface area contributed by atoms with Crippen molar-refractivity contribution < 1.29 is 14.6 Å². The van der Waals surface area contributed by atoms with Gasteiger partial charge in [-0.25, -0.2) is 0 Å². The van der Waals surface area contributed by atoms with Crippen LogP contribution >= 0.6 is 0 Å². The summed E-state index contributed by atoms with van der Waals surface area (Å²) in [4.78, 5) is 12.0. The number of aromatic nitrogens is 2.